The van der Waals surface area contributed by atoms with Gasteiger partial charge >= 0.3 is 6.09 Å². The number of aliphatic hydroxyl groups is 1. The van der Waals surface area contributed by atoms with E-state index in [0.29, 0.717) is 31.7 Å². The van der Waals surface area contributed by atoms with Gasteiger partial charge in [-0.05, 0) is 43.5 Å². The minimum Gasteiger partial charge on any atom is -0.494 e. The van der Waals surface area contributed by atoms with Crippen LogP contribution in [0.15, 0.2) is 24.3 Å². The van der Waals surface area contributed by atoms with E-state index in [-0.39, 0.29) is 12.2 Å². The molecule has 1 aromatic rings. The number of carbonyl (C=O) groups is 1. The van der Waals surface area contributed by atoms with Crippen molar-refractivity contribution in [3.63, 3.8) is 0 Å². The smallest absolute Gasteiger partial charge is 0.415 e. The van der Waals surface area contributed by atoms with E-state index >= 15 is 0 Å². The molecule has 0 aromatic heterocycles. The summed E-state index contributed by atoms with van der Waals surface area (Å²) in [6, 6.07) is 7.16. The van der Waals surface area contributed by atoms with Crippen LogP contribution in [-0.2, 0) is 0 Å². The molecule has 1 aliphatic heterocycles. The average Bonchev–Trinajstić information content (AvgIpc) is 2.60. The number of aliphatic hydroxyl groups excluding tert-OH is 1. The molecule has 0 spiro atoms. The van der Waals surface area contributed by atoms with Crippen LogP contribution in [0.25, 0.3) is 0 Å². The van der Waals surface area contributed by atoms with E-state index in [1.54, 1.807) is 17.0 Å². The van der Waals surface area contributed by atoms with E-state index in [4.69, 9.17) is 9.47 Å². The highest BCUT2D eigenvalue weighted by atomic mass is 16.6. The molecule has 2 rings (SSSR count). The number of likely N-dealkylation sites (tertiary alicyclic amines) is 1. The van der Waals surface area contributed by atoms with Crippen LogP contribution < -0.4 is 9.47 Å². The van der Waals surface area contributed by atoms with Gasteiger partial charge in [0.2, 0.25) is 0 Å². The van der Waals surface area contributed by atoms with Gasteiger partial charge in [0.05, 0.1) is 12.7 Å². The highest BCUT2D eigenvalue weighted by molar-refractivity contribution is 5.70. The maximum absolute atomic E-state index is 12.0. The van der Waals surface area contributed by atoms with Crippen LogP contribution in [0.5, 0.6) is 11.5 Å². The van der Waals surface area contributed by atoms with Crippen LogP contribution in [-0.4, -0.2) is 41.9 Å². The highest BCUT2D eigenvalue weighted by Crippen LogP contribution is 2.20. The third-order valence-electron chi connectivity index (χ3n) is 4.27. The largest absolute Gasteiger partial charge is 0.494 e. The lowest BCUT2D eigenvalue weighted by Crippen LogP contribution is -2.41. The summed E-state index contributed by atoms with van der Waals surface area (Å²) in [6.45, 7) is 4.01. The normalized spacial score (nSPS) is 15.3. The molecule has 1 N–H and O–H groups in total. The molecule has 1 saturated heterocycles. The van der Waals surface area contributed by atoms with Crippen molar-refractivity contribution < 1.29 is 19.4 Å². The number of hydrogen-bond donors (Lipinski definition) is 1. The van der Waals surface area contributed by atoms with Crippen molar-refractivity contribution in [2.75, 3.05) is 19.7 Å². The van der Waals surface area contributed by atoms with Gasteiger partial charge in [-0.3, -0.25) is 0 Å². The van der Waals surface area contributed by atoms with Crippen molar-refractivity contribution in [1.29, 1.82) is 0 Å². The fraction of sp³-hybridized carbons (Fsp3) is 0.632. The minimum atomic E-state index is -0.355. The van der Waals surface area contributed by atoms with Crippen molar-refractivity contribution in [1.82, 2.24) is 4.90 Å². The molecule has 1 aliphatic rings. The first kappa shape index (κ1) is 18.6. The van der Waals surface area contributed by atoms with Crippen LogP contribution in [0.4, 0.5) is 4.79 Å². The molecule has 1 fully saturated rings. The van der Waals surface area contributed by atoms with E-state index in [1.165, 1.54) is 25.7 Å². The second-order valence-corrected chi connectivity index (χ2v) is 6.32. The molecule has 1 aromatic carbocycles. The van der Waals surface area contributed by atoms with E-state index in [0.717, 1.165) is 18.8 Å². The quantitative estimate of drug-likeness (QED) is 0.730. The number of carbonyl (C=O) groups excluding carboxylic acids is 1. The second-order valence-electron chi connectivity index (χ2n) is 6.32. The third-order valence-corrected chi connectivity index (χ3v) is 4.27. The molecule has 134 valence electrons. The Morgan fingerprint density at radius 2 is 1.71 bits per heavy atom. The molecular weight excluding hydrogens is 306 g/mol. The van der Waals surface area contributed by atoms with Crippen LogP contribution in [0.1, 0.15) is 51.9 Å². The van der Waals surface area contributed by atoms with E-state index < -0.39 is 0 Å². The average molecular weight is 335 g/mol. The summed E-state index contributed by atoms with van der Waals surface area (Å²) in [7, 11) is 0. The predicted octanol–water partition coefficient (Wildman–Crippen LogP) is 3.99. The maximum atomic E-state index is 12.0. The number of nitrogens with zero attached hydrogens (tertiary/aromatic N) is 1. The lowest BCUT2D eigenvalue weighted by atomic mass is 10.1. The molecular formula is C19H29NO4. The van der Waals surface area contributed by atoms with Gasteiger partial charge in [0.1, 0.15) is 11.5 Å². The lowest BCUT2D eigenvalue weighted by Gasteiger charge is -2.28. The van der Waals surface area contributed by atoms with E-state index in [1.807, 2.05) is 12.1 Å². The molecule has 0 bridgehead atoms. The number of hydrogen-bond acceptors (Lipinski definition) is 4. The first-order chi connectivity index (χ1) is 11.7. The number of ether oxygens (including phenoxy) is 2. The van der Waals surface area contributed by atoms with Gasteiger partial charge in [-0.2, -0.15) is 0 Å². The Bertz CT molecular complexity index is 481. The molecule has 24 heavy (non-hydrogen) atoms. The van der Waals surface area contributed by atoms with Gasteiger partial charge in [-0.1, -0.05) is 32.6 Å². The Hall–Kier alpha value is -1.75. The van der Waals surface area contributed by atoms with Crippen molar-refractivity contribution in [3.8, 4) is 11.5 Å². The number of benzene rings is 1. The standard InChI is InChI=1S/C19H29NO4/c1-2-3-4-5-6-15-23-17-7-9-18(10-8-17)24-19(22)20-13-11-16(21)12-14-20/h7-10,16,21H,2-6,11-15H2,1H3. The van der Waals surface area contributed by atoms with Gasteiger partial charge in [-0.25, -0.2) is 4.79 Å². The second kappa shape index (κ2) is 10.2. The molecule has 5 nitrogen and oxygen atoms in total. The van der Waals surface area contributed by atoms with E-state index in [9.17, 15) is 9.90 Å². The third kappa shape index (κ3) is 6.40. The lowest BCUT2D eigenvalue weighted by molar-refractivity contribution is 0.0798. The monoisotopic (exact) mass is 335 g/mol. The van der Waals surface area contributed by atoms with Gasteiger partial charge in [0.25, 0.3) is 0 Å². The fourth-order valence-electron chi connectivity index (χ4n) is 2.71. The minimum absolute atomic E-state index is 0.299. The SMILES string of the molecule is CCCCCCCOc1ccc(OC(=O)N2CCC(O)CC2)cc1. The van der Waals surface area contributed by atoms with Crippen molar-refractivity contribution in [2.45, 2.75) is 58.0 Å². The van der Waals surface area contributed by atoms with Gasteiger partial charge in [0.15, 0.2) is 0 Å². The van der Waals surface area contributed by atoms with Crippen molar-refractivity contribution in [2.24, 2.45) is 0 Å². The molecule has 5 heteroatoms. The summed E-state index contributed by atoms with van der Waals surface area (Å²) in [5.41, 5.74) is 0. The van der Waals surface area contributed by atoms with Crippen LogP contribution >= 0.6 is 0 Å². The van der Waals surface area contributed by atoms with Crippen molar-refractivity contribution >= 4 is 6.09 Å². The van der Waals surface area contributed by atoms with Crippen LogP contribution in [0.2, 0.25) is 0 Å². The first-order valence-electron chi connectivity index (χ1n) is 9.06. The molecule has 0 atom stereocenters. The Morgan fingerprint density at radius 1 is 1.08 bits per heavy atom. The zero-order valence-electron chi connectivity index (χ0n) is 14.6. The zero-order chi connectivity index (χ0) is 17.2. The maximum Gasteiger partial charge on any atom is 0.415 e. The number of piperidine rings is 1. The van der Waals surface area contributed by atoms with Crippen molar-refractivity contribution in [3.05, 3.63) is 24.3 Å². The van der Waals surface area contributed by atoms with E-state index in [2.05, 4.69) is 6.92 Å². The number of rotatable bonds is 8. The predicted molar refractivity (Wildman–Crippen MR) is 93.5 cm³/mol. The fourth-order valence-corrected chi connectivity index (χ4v) is 2.71. The molecule has 1 amide bonds. The Kier molecular flexibility index (Phi) is 7.89. The molecule has 0 saturated carbocycles. The summed E-state index contributed by atoms with van der Waals surface area (Å²) in [4.78, 5) is 13.7. The molecule has 0 radical (unpaired) electrons. The highest BCUT2D eigenvalue weighted by Gasteiger charge is 2.22. The Balaban J connectivity index is 1.68. The molecule has 0 unspecified atom stereocenters. The topological polar surface area (TPSA) is 59.0 Å². The molecule has 1 heterocycles. The molecule has 0 aliphatic carbocycles. The van der Waals surface area contributed by atoms with Gasteiger partial charge in [0, 0.05) is 13.1 Å². The number of unbranched alkanes of at least 4 members (excludes halogenated alkanes) is 4. The summed E-state index contributed by atoms with van der Waals surface area (Å²) in [5.74, 6) is 1.31. The van der Waals surface area contributed by atoms with Gasteiger partial charge in [-0.15, -0.1) is 0 Å². The summed E-state index contributed by atoms with van der Waals surface area (Å²) >= 11 is 0. The Morgan fingerprint density at radius 3 is 2.38 bits per heavy atom. The summed E-state index contributed by atoms with van der Waals surface area (Å²) in [6.07, 6.45) is 6.64. The summed E-state index contributed by atoms with van der Waals surface area (Å²) < 4.78 is 11.1. The Labute approximate surface area is 144 Å². The number of amides is 1. The van der Waals surface area contributed by atoms with Gasteiger partial charge < -0.3 is 19.5 Å². The van der Waals surface area contributed by atoms with Crippen LogP contribution in [0, 0.1) is 0 Å². The zero-order valence-corrected chi connectivity index (χ0v) is 14.6. The van der Waals surface area contributed by atoms with Crippen LogP contribution in [0.3, 0.4) is 0 Å². The first-order valence-corrected chi connectivity index (χ1v) is 9.06. The summed E-state index contributed by atoms with van der Waals surface area (Å²) in [5, 5.41) is 9.47.